The number of hydrogen-bond acceptors (Lipinski definition) is 3. The molecule has 0 bridgehead atoms. The lowest BCUT2D eigenvalue weighted by Crippen LogP contribution is -2.14. The van der Waals surface area contributed by atoms with Gasteiger partial charge in [-0.1, -0.05) is 29.3 Å². The highest BCUT2D eigenvalue weighted by molar-refractivity contribution is 6.32. The number of hydrogen-bond donors (Lipinski definition) is 1. The van der Waals surface area contributed by atoms with Gasteiger partial charge in [0.2, 0.25) is 0 Å². The summed E-state index contributed by atoms with van der Waals surface area (Å²) in [7, 11) is 3.04. The van der Waals surface area contributed by atoms with Crippen LogP contribution in [0.5, 0.6) is 11.5 Å². The lowest BCUT2D eigenvalue weighted by atomic mass is 10.1. The normalized spacial score (nSPS) is 10.2. The van der Waals surface area contributed by atoms with Crippen LogP contribution in [0.3, 0.4) is 0 Å². The zero-order valence-corrected chi connectivity index (χ0v) is 13.7. The van der Waals surface area contributed by atoms with Crippen molar-refractivity contribution in [3.63, 3.8) is 0 Å². The van der Waals surface area contributed by atoms with Gasteiger partial charge in [0.25, 0.3) is 5.91 Å². The largest absolute Gasteiger partial charge is 0.495 e. The number of nitrogens with one attached hydrogen (secondary N) is 1. The minimum Gasteiger partial charge on any atom is -0.495 e. The first-order chi connectivity index (χ1) is 10.5. The van der Waals surface area contributed by atoms with E-state index in [1.807, 2.05) is 26.0 Å². The molecule has 2 aromatic carbocycles. The third-order valence-corrected chi connectivity index (χ3v) is 3.64. The topological polar surface area (TPSA) is 47.6 Å². The molecule has 1 N–H and O–H groups in total. The quantitative estimate of drug-likeness (QED) is 0.917. The molecule has 22 heavy (non-hydrogen) atoms. The zero-order chi connectivity index (χ0) is 16.3. The number of anilines is 1. The van der Waals surface area contributed by atoms with Gasteiger partial charge in [-0.2, -0.15) is 0 Å². The van der Waals surface area contributed by atoms with Crippen molar-refractivity contribution >= 4 is 23.2 Å². The maximum Gasteiger partial charge on any atom is 0.256 e. The Morgan fingerprint density at radius 1 is 1.05 bits per heavy atom. The molecule has 0 aliphatic heterocycles. The predicted octanol–water partition coefficient (Wildman–Crippen LogP) is 4.23. The number of methoxy groups -OCH3 is 2. The Bertz CT molecular complexity index is 713. The van der Waals surface area contributed by atoms with E-state index in [0.717, 1.165) is 11.1 Å². The van der Waals surface area contributed by atoms with E-state index in [4.69, 9.17) is 21.1 Å². The summed E-state index contributed by atoms with van der Waals surface area (Å²) in [6.07, 6.45) is 0. The standard InChI is InChI=1S/C17H18ClNO3/c1-10-5-6-12(11(2)7-10)17(20)19-14-9-15(21-3)13(18)8-16(14)22-4/h5-9H,1-4H3,(H,19,20). The Hall–Kier alpha value is -2.20. The first kappa shape index (κ1) is 16.2. The van der Waals surface area contributed by atoms with E-state index in [9.17, 15) is 4.79 Å². The van der Waals surface area contributed by atoms with E-state index in [-0.39, 0.29) is 5.91 Å². The van der Waals surface area contributed by atoms with Gasteiger partial charge in [-0.25, -0.2) is 0 Å². The number of benzene rings is 2. The van der Waals surface area contributed by atoms with Gasteiger partial charge < -0.3 is 14.8 Å². The van der Waals surface area contributed by atoms with E-state index in [0.29, 0.717) is 27.8 Å². The van der Waals surface area contributed by atoms with Crippen LogP contribution in [0.4, 0.5) is 5.69 Å². The summed E-state index contributed by atoms with van der Waals surface area (Å²) in [5.41, 5.74) is 3.15. The fourth-order valence-electron chi connectivity index (χ4n) is 2.22. The molecular formula is C17H18ClNO3. The summed E-state index contributed by atoms with van der Waals surface area (Å²) in [6.45, 7) is 3.89. The van der Waals surface area contributed by atoms with Gasteiger partial charge in [-0.15, -0.1) is 0 Å². The van der Waals surface area contributed by atoms with Crippen molar-refractivity contribution in [2.24, 2.45) is 0 Å². The number of rotatable bonds is 4. The van der Waals surface area contributed by atoms with Crippen LogP contribution in [0, 0.1) is 13.8 Å². The molecule has 0 saturated carbocycles. The van der Waals surface area contributed by atoms with Crippen molar-refractivity contribution in [3.8, 4) is 11.5 Å². The van der Waals surface area contributed by atoms with Crippen molar-refractivity contribution in [1.82, 2.24) is 0 Å². The van der Waals surface area contributed by atoms with Crippen LogP contribution < -0.4 is 14.8 Å². The molecule has 0 spiro atoms. The van der Waals surface area contributed by atoms with Crippen LogP contribution in [-0.4, -0.2) is 20.1 Å². The number of amides is 1. The molecule has 1 amide bonds. The van der Waals surface area contributed by atoms with Crippen LogP contribution in [-0.2, 0) is 0 Å². The van der Waals surface area contributed by atoms with Gasteiger partial charge in [0.15, 0.2) is 0 Å². The smallest absolute Gasteiger partial charge is 0.256 e. The zero-order valence-electron chi connectivity index (χ0n) is 13.0. The molecule has 2 aromatic rings. The second kappa shape index (κ2) is 6.71. The molecule has 0 aromatic heterocycles. The second-order valence-electron chi connectivity index (χ2n) is 4.96. The number of ether oxygens (including phenoxy) is 2. The lowest BCUT2D eigenvalue weighted by molar-refractivity contribution is 0.102. The van der Waals surface area contributed by atoms with E-state index < -0.39 is 0 Å². The fraction of sp³-hybridized carbons (Fsp3) is 0.235. The lowest BCUT2D eigenvalue weighted by Gasteiger charge is -2.14. The molecule has 5 heteroatoms. The van der Waals surface area contributed by atoms with E-state index in [2.05, 4.69) is 5.32 Å². The highest BCUT2D eigenvalue weighted by Crippen LogP contribution is 2.36. The fourth-order valence-corrected chi connectivity index (χ4v) is 2.45. The molecule has 0 atom stereocenters. The van der Waals surface area contributed by atoms with Gasteiger partial charge in [0.1, 0.15) is 11.5 Å². The van der Waals surface area contributed by atoms with E-state index >= 15 is 0 Å². The summed E-state index contributed by atoms with van der Waals surface area (Å²) in [5, 5.41) is 3.26. The van der Waals surface area contributed by atoms with Gasteiger partial charge in [0, 0.05) is 17.7 Å². The molecule has 4 nitrogen and oxygen atoms in total. The van der Waals surface area contributed by atoms with Gasteiger partial charge in [-0.05, 0) is 25.5 Å². The van der Waals surface area contributed by atoms with Crippen LogP contribution in [0.25, 0.3) is 0 Å². The second-order valence-corrected chi connectivity index (χ2v) is 5.37. The number of aryl methyl sites for hydroxylation is 2. The van der Waals surface area contributed by atoms with Crippen molar-refractivity contribution in [3.05, 3.63) is 52.0 Å². The third kappa shape index (κ3) is 3.34. The van der Waals surface area contributed by atoms with Crippen LogP contribution >= 0.6 is 11.6 Å². The summed E-state index contributed by atoms with van der Waals surface area (Å²) in [4.78, 5) is 12.5. The Morgan fingerprint density at radius 2 is 1.73 bits per heavy atom. The van der Waals surface area contributed by atoms with Gasteiger partial charge in [-0.3, -0.25) is 4.79 Å². The van der Waals surface area contributed by atoms with Crippen LogP contribution in [0.1, 0.15) is 21.5 Å². The van der Waals surface area contributed by atoms with Crippen molar-refractivity contribution < 1.29 is 14.3 Å². The number of carbonyl (C=O) groups is 1. The first-order valence-corrected chi connectivity index (χ1v) is 7.14. The summed E-state index contributed by atoms with van der Waals surface area (Å²) in [5.74, 6) is 0.738. The molecule has 0 saturated heterocycles. The minimum absolute atomic E-state index is 0.208. The van der Waals surface area contributed by atoms with E-state index in [1.54, 1.807) is 18.2 Å². The Morgan fingerprint density at radius 3 is 2.32 bits per heavy atom. The highest BCUT2D eigenvalue weighted by Gasteiger charge is 2.15. The highest BCUT2D eigenvalue weighted by atomic mass is 35.5. The maximum atomic E-state index is 12.5. The average Bonchev–Trinajstić information content (AvgIpc) is 2.48. The monoisotopic (exact) mass is 319 g/mol. The molecule has 0 aliphatic rings. The molecule has 0 radical (unpaired) electrons. The maximum absolute atomic E-state index is 12.5. The molecule has 0 fully saturated rings. The van der Waals surface area contributed by atoms with Gasteiger partial charge >= 0.3 is 0 Å². The van der Waals surface area contributed by atoms with Crippen molar-refractivity contribution in [1.29, 1.82) is 0 Å². The Kier molecular flexibility index (Phi) is 4.93. The minimum atomic E-state index is -0.208. The first-order valence-electron chi connectivity index (χ1n) is 6.76. The average molecular weight is 320 g/mol. The molecule has 2 rings (SSSR count). The Balaban J connectivity index is 2.35. The summed E-state index contributed by atoms with van der Waals surface area (Å²) >= 11 is 6.06. The predicted molar refractivity (Wildman–Crippen MR) is 88.4 cm³/mol. The summed E-state index contributed by atoms with van der Waals surface area (Å²) < 4.78 is 10.4. The number of carbonyl (C=O) groups excluding carboxylic acids is 1. The molecule has 0 unspecified atom stereocenters. The Labute approximate surface area is 135 Å². The number of halogens is 1. The van der Waals surface area contributed by atoms with Gasteiger partial charge in [0.05, 0.1) is 24.9 Å². The summed E-state index contributed by atoms with van der Waals surface area (Å²) in [6, 6.07) is 8.93. The van der Waals surface area contributed by atoms with Crippen LogP contribution in [0.2, 0.25) is 5.02 Å². The van der Waals surface area contributed by atoms with Crippen molar-refractivity contribution in [2.75, 3.05) is 19.5 Å². The molecule has 116 valence electrons. The van der Waals surface area contributed by atoms with Crippen LogP contribution in [0.15, 0.2) is 30.3 Å². The van der Waals surface area contributed by atoms with E-state index in [1.165, 1.54) is 14.2 Å². The molecule has 0 heterocycles. The molecular weight excluding hydrogens is 302 g/mol. The SMILES string of the molecule is COc1cc(NC(=O)c2ccc(C)cc2C)c(OC)cc1Cl. The van der Waals surface area contributed by atoms with Crippen molar-refractivity contribution in [2.45, 2.75) is 13.8 Å². The third-order valence-electron chi connectivity index (χ3n) is 3.35. The molecule has 0 aliphatic carbocycles.